The molecule has 0 aromatic carbocycles. The van der Waals surface area contributed by atoms with Crippen molar-refractivity contribution in [3.05, 3.63) is 22.5 Å². The SMILES string of the molecule is COC(=O)C1CCCC1S(=O)(=O)Nc1ccc(=O)[nH]n1. The predicted molar refractivity (Wildman–Crippen MR) is 70.5 cm³/mol. The fraction of sp³-hybridized carbons (Fsp3) is 0.545. The summed E-state index contributed by atoms with van der Waals surface area (Å²) < 4.78 is 31.4. The summed E-state index contributed by atoms with van der Waals surface area (Å²) in [6.45, 7) is 0. The lowest BCUT2D eigenvalue weighted by molar-refractivity contribution is -0.145. The molecule has 1 fully saturated rings. The van der Waals surface area contributed by atoms with Gasteiger partial charge in [-0.05, 0) is 18.9 Å². The van der Waals surface area contributed by atoms with E-state index < -0.39 is 32.7 Å². The van der Waals surface area contributed by atoms with Crippen LogP contribution < -0.4 is 10.3 Å². The number of carbonyl (C=O) groups is 1. The van der Waals surface area contributed by atoms with Crippen LogP contribution in [0.3, 0.4) is 0 Å². The molecule has 20 heavy (non-hydrogen) atoms. The average molecular weight is 301 g/mol. The van der Waals surface area contributed by atoms with Gasteiger partial charge >= 0.3 is 5.97 Å². The number of hydrogen-bond donors (Lipinski definition) is 2. The Morgan fingerprint density at radius 1 is 1.45 bits per heavy atom. The zero-order valence-corrected chi connectivity index (χ0v) is 11.6. The Bertz CT molecular complexity index is 634. The molecule has 1 aromatic heterocycles. The molecule has 2 unspecified atom stereocenters. The molecule has 1 heterocycles. The highest BCUT2D eigenvalue weighted by Crippen LogP contribution is 2.32. The van der Waals surface area contributed by atoms with Gasteiger partial charge in [-0.1, -0.05) is 6.42 Å². The van der Waals surface area contributed by atoms with Crippen LogP contribution in [-0.4, -0.2) is 36.9 Å². The van der Waals surface area contributed by atoms with Gasteiger partial charge in [0, 0.05) is 6.07 Å². The van der Waals surface area contributed by atoms with Crippen LogP contribution in [0.15, 0.2) is 16.9 Å². The zero-order valence-electron chi connectivity index (χ0n) is 10.8. The highest BCUT2D eigenvalue weighted by Gasteiger charge is 2.42. The second kappa shape index (κ2) is 5.61. The molecule has 9 heteroatoms. The molecule has 2 N–H and O–H groups in total. The molecule has 1 aliphatic rings. The molecule has 0 amide bonds. The first kappa shape index (κ1) is 14.5. The van der Waals surface area contributed by atoms with E-state index in [0.717, 1.165) is 6.07 Å². The van der Waals surface area contributed by atoms with E-state index >= 15 is 0 Å². The van der Waals surface area contributed by atoms with Crippen LogP contribution in [0.25, 0.3) is 0 Å². The number of sulfonamides is 1. The number of methoxy groups -OCH3 is 1. The lowest BCUT2D eigenvalue weighted by Gasteiger charge is -2.18. The number of ether oxygens (including phenoxy) is 1. The second-order valence-corrected chi connectivity index (χ2v) is 6.45. The van der Waals surface area contributed by atoms with Gasteiger partial charge in [-0.25, -0.2) is 13.5 Å². The topological polar surface area (TPSA) is 118 Å². The molecule has 2 rings (SSSR count). The molecular weight excluding hydrogens is 286 g/mol. The van der Waals surface area contributed by atoms with Gasteiger partial charge in [-0.2, -0.15) is 5.10 Å². The minimum Gasteiger partial charge on any atom is -0.469 e. The van der Waals surface area contributed by atoms with Gasteiger partial charge < -0.3 is 4.74 Å². The van der Waals surface area contributed by atoms with Gasteiger partial charge in [0.25, 0.3) is 5.56 Å². The Labute approximate surface area is 115 Å². The maximum absolute atomic E-state index is 12.3. The summed E-state index contributed by atoms with van der Waals surface area (Å²) >= 11 is 0. The predicted octanol–water partition coefficient (Wildman–Crippen LogP) is -0.147. The van der Waals surface area contributed by atoms with E-state index in [2.05, 4.69) is 19.7 Å². The number of carbonyl (C=O) groups excluding carboxylic acids is 1. The quantitative estimate of drug-likeness (QED) is 0.747. The third-order valence-electron chi connectivity index (χ3n) is 3.28. The minimum absolute atomic E-state index is 0.0140. The van der Waals surface area contributed by atoms with Crippen molar-refractivity contribution in [2.75, 3.05) is 11.8 Å². The van der Waals surface area contributed by atoms with Crippen molar-refractivity contribution in [1.82, 2.24) is 10.2 Å². The smallest absolute Gasteiger partial charge is 0.310 e. The van der Waals surface area contributed by atoms with Crippen molar-refractivity contribution in [2.45, 2.75) is 24.5 Å². The maximum Gasteiger partial charge on any atom is 0.310 e. The van der Waals surface area contributed by atoms with E-state index in [1.807, 2.05) is 0 Å². The molecule has 0 spiro atoms. The van der Waals surface area contributed by atoms with Crippen molar-refractivity contribution in [3.63, 3.8) is 0 Å². The summed E-state index contributed by atoms with van der Waals surface area (Å²) in [7, 11) is -2.53. The van der Waals surface area contributed by atoms with Crippen LogP contribution in [0.2, 0.25) is 0 Å². The van der Waals surface area contributed by atoms with Crippen molar-refractivity contribution in [2.24, 2.45) is 5.92 Å². The highest BCUT2D eigenvalue weighted by molar-refractivity contribution is 7.93. The molecule has 1 aliphatic carbocycles. The van der Waals surface area contributed by atoms with E-state index in [0.29, 0.717) is 19.3 Å². The van der Waals surface area contributed by atoms with E-state index in [1.54, 1.807) is 0 Å². The zero-order chi connectivity index (χ0) is 14.8. The molecule has 0 saturated heterocycles. The van der Waals surface area contributed by atoms with Crippen LogP contribution in [0.1, 0.15) is 19.3 Å². The van der Waals surface area contributed by atoms with Crippen molar-refractivity contribution in [1.29, 1.82) is 0 Å². The molecule has 110 valence electrons. The summed E-state index contributed by atoms with van der Waals surface area (Å²) in [5, 5.41) is 4.87. The maximum atomic E-state index is 12.3. The van der Waals surface area contributed by atoms with Gasteiger partial charge in [0.1, 0.15) is 0 Å². The Balaban J connectivity index is 2.19. The van der Waals surface area contributed by atoms with Crippen molar-refractivity contribution >= 4 is 21.8 Å². The summed E-state index contributed by atoms with van der Waals surface area (Å²) in [6.07, 6.45) is 1.51. The number of nitrogens with zero attached hydrogens (tertiary/aromatic N) is 1. The molecular formula is C11H15N3O5S. The van der Waals surface area contributed by atoms with Crippen molar-refractivity contribution in [3.8, 4) is 0 Å². The molecule has 1 saturated carbocycles. The number of hydrogen-bond acceptors (Lipinski definition) is 6. The van der Waals surface area contributed by atoms with Crippen LogP contribution in [0, 0.1) is 5.92 Å². The summed E-state index contributed by atoms with van der Waals surface area (Å²) in [4.78, 5) is 22.5. The molecule has 0 bridgehead atoms. The fourth-order valence-corrected chi connectivity index (χ4v) is 4.05. The van der Waals surface area contributed by atoms with Crippen LogP contribution in [-0.2, 0) is 19.6 Å². The average Bonchev–Trinajstić information content (AvgIpc) is 2.90. The Morgan fingerprint density at radius 2 is 2.20 bits per heavy atom. The molecule has 8 nitrogen and oxygen atoms in total. The van der Waals surface area contributed by atoms with Crippen LogP contribution in [0.5, 0.6) is 0 Å². The molecule has 2 atom stereocenters. The Kier molecular flexibility index (Phi) is 4.07. The van der Waals surface area contributed by atoms with E-state index in [1.165, 1.54) is 13.2 Å². The molecule has 0 radical (unpaired) electrons. The third-order valence-corrected chi connectivity index (χ3v) is 5.14. The second-order valence-electron chi connectivity index (χ2n) is 4.55. The first-order valence-corrected chi connectivity index (χ1v) is 7.64. The number of aromatic nitrogens is 2. The van der Waals surface area contributed by atoms with Gasteiger partial charge in [-0.15, -0.1) is 0 Å². The van der Waals surface area contributed by atoms with E-state index in [-0.39, 0.29) is 5.82 Å². The van der Waals surface area contributed by atoms with E-state index in [9.17, 15) is 18.0 Å². The number of rotatable bonds is 4. The van der Waals surface area contributed by atoms with Gasteiger partial charge in [0.05, 0.1) is 18.3 Å². The molecule has 0 aliphatic heterocycles. The van der Waals surface area contributed by atoms with Gasteiger partial charge in [0.15, 0.2) is 5.82 Å². The first-order chi connectivity index (χ1) is 9.44. The monoisotopic (exact) mass is 301 g/mol. The van der Waals surface area contributed by atoms with Crippen LogP contribution >= 0.6 is 0 Å². The van der Waals surface area contributed by atoms with Gasteiger partial charge in [-0.3, -0.25) is 14.3 Å². The summed E-state index contributed by atoms with van der Waals surface area (Å²) in [5.41, 5.74) is -0.429. The number of nitrogens with one attached hydrogen (secondary N) is 2. The lowest BCUT2D eigenvalue weighted by atomic mass is 10.1. The summed E-state index contributed by atoms with van der Waals surface area (Å²) in [5.74, 6) is -1.17. The number of anilines is 1. The first-order valence-electron chi connectivity index (χ1n) is 6.09. The van der Waals surface area contributed by atoms with Crippen molar-refractivity contribution < 1.29 is 17.9 Å². The van der Waals surface area contributed by atoms with E-state index in [4.69, 9.17) is 0 Å². The Morgan fingerprint density at radius 3 is 2.80 bits per heavy atom. The normalized spacial score (nSPS) is 22.4. The number of esters is 1. The third kappa shape index (κ3) is 2.98. The van der Waals surface area contributed by atoms with Crippen LogP contribution in [0.4, 0.5) is 5.82 Å². The lowest BCUT2D eigenvalue weighted by Crippen LogP contribution is -2.35. The number of H-pyrrole nitrogens is 1. The summed E-state index contributed by atoms with van der Waals surface area (Å²) in [6, 6.07) is 2.43. The standard InChI is InChI=1S/C11H15N3O5S/c1-19-11(16)7-3-2-4-8(7)20(17,18)14-9-5-6-10(15)13-12-9/h5-8H,2-4H2,1H3,(H,12,14)(H,13,15). The molecule has 1 aromatic rings. The van der Waals surface area contributed by atoms with Gasteiger partial charge in [0.2, 0.25) is 10.0 Å². The number of aromatic amines is 1. The Hall–Kier alpha value is -1.90. The fourth-order valence-electron chi connectivity index (χ4n) is 2.34. The highest BCUT2D eigenvalue weighted by atomic mass is 32.2. The largest absolute Gasteiger partial charge is 0.469 e. The minimum atomic E-state index is -3.77.